The van der Waals surface area contributed by atoms with E-state index in [2.05, 4.69) is 25.3 Å². The maximum atomic E-state index is 11.4. The minimum Gasteiger partial charge on any atom is -0.480 e. The van der Waals surface area contributed by atoms with Crippen molar-refractivity contribution < 1.29 is 19.4 Å². The molecule has 0 atom stereocenters. The van der Waals surface area contributed by atoms with E-state index < -0.39 is 11.9 Å². The van der Waals surface area contributed by atoms with E-state index in [0.29, 0.717) is 17.9 Å². The molecule has 2 aromatic rings. The summed E-state index contributed by atoms with van der Waals surface area (Å²) in [6.07, 6.45) is 3.01. The Morgan fingerprint density at radius 2 is 2.29 bits per heavy atom. The number of aliphatic carboxylic acids is 1. The fourth-order valence-corrected chi connectivity index (χ4v) is 1.58. The highest BCUT2D eigenvalue weighted by Gasteiger charge is 2.08. The quantitative estimate of drug-likeness (QED) is 0.722. The van der Waals surface area contributed by atoms with E-state index in [9.17, 15) is 9.59 Å². The number of carbonyl (C=O) groups excluding carboxylic acids is 1. The third-order valence-corrected chi connectivity index (χ3v) is 2.51. The Morgan fingerprint density at radius 3 is 3.00 bits per heavy atom. The van der Waals surface area contributed by atoms with Crippen molar-refractivity contribution in [2.75, 3.05) is 12.4 Å². The van der Waals surface area contributed by atoms with Gasteiger partial charge in [-0.25, -0.2) is 14.5 Å². The summed E-state index contributed by atoms with van der Waals surface area (Å²) >= 11 is 0. The van der Waals surface area contributed by atoms with Crippen LogP contribution in [0, 0.1) is 0 Å². The van der Waals surface area contributed by atoms with E-state index in [1.54, 1.807) is 12.1 Å². The maximum absolute atomic E-state index is 11.4. The number of anilines is 1. The number of pyridine rings is 1. The molecule has 0 aliphatic carbocycles. The fraction of sp³-hybridized carbons (Fsp3) is 0.250. The van der Waals surface area contributed by atoms with Crippen molar-refractivity contribution in [3.05, 3.63) is 35.9 Å². The first kappa shape index (κ1) is 14.4. The second-order valence-electron chi connectivity index (χ2n) is 4.08. The summed E-state index contributed by atoms with van der Waals surface area (Å²) < 4.78 is 5.81. The van der Waals surface area contributed by atoms with Crippen LogP contribution in [0.2, 0.25) is 0 Å². The van der Waals surface area contributed by atoms with Crippen molar-refractivity contribution in [3.63, 3.8) is 0 Å². The number of rotatable bonds is 6. The number of hydrogen-bond acceptors (Lipinski definition) is 7. The second-order valence-corrected chi connectivity index (χ2v) is 4.08. The molecule has 9 nitrogen and oxygen atoms in total. The zero-order chi connectivity index (χ0) is 15.2. The van der Waals surface area contributed by atoms with Gasteiger partial charge in [0.15, 0.2) is 0 Å². The minimum absolute atomic E-state index is 0.192. The van der Waals surface area contributed by atoms with Gasteiger partial charge in [-0.2, -0.15) is 0 Å². The molecule has 2 aromatic heterocycles. The highest BCUT2D eigenvalue weighted by molar-refractivity contribution is 5.88. The Hall–Kier alpha value is -2.97. The van der Waals surface area contributed by atoms with Crippen LogP contribution in [0.5, 0.6) is 0 Å². The van der Waals surface area contributed by atoms with Gasteiger partial charge in [0.1, 0.15) is 17.9 Å². The lowest BCUT2D eigenvalue weighted by Crippen LogP contribution is -2.09. The number of nitrogens with one attached hydrogen (secondary N) is 1. The molecule has 0 radical (unpaired) electrons. The Labute approximate surface area is 119 Å². The number of nitrogens with zero attached hydrogens (tertiary/aromatic N) is 4. The number of carboxylic acid groups (broad SMARTS) is 1. The van der Waals surface area contributed by atoms with Gasteiger partial charge in [-0.3, -0.25) is 4.79 Å². The zero-order valence-corrected chi connectivity index (χ0v) is 11.2. The standard InChI is InChI=1S/C12H13N5O4/c1-21-12(20)10-4-8(2-3-13-10)14-5-9-6-17(16-15-9)7-11(18)19/h2-4,6H,5,7H2,1H3,(H,13,14)(H,18,19). The van der Waals surface area contributed by atoms with Crippen LogP contribution in [0.4, 0.5) is 5.69 Å². The van der Waals surface area contributed by atoms with Crippen LogP contribution in [0.25, 0.3) is 0 Å². The highest BCUT2D eigenvalue weighted by atomic mass is 16.5. The van der Waals surface area contributed by atoms with Crippen LogP contribution >= 0.6 is 0 Å². The maximum Gasteiger partial charge on any atom is 0.356 e. The van der Waals surface area contributed by atoms with Crippen molar-refractivity contribution in [2.24, 2.45) is 0 Å². The first-order chi connectivity index (χ1) is 10.1. The smallest absolute Gasteiger partial charge is 0.356 e. The molecule has 2 N–H and O–H groups in total. The molecule has 2 heterocycles. The Kier molecular flexibility index (Phi) is 4.44. The summed E-state index contributed by atoms with van der Waals surface area (Å²) in [6.45, 7) is 0.0962. The average Bonchev–Trinajstić information content (AvgIpc) is 2.91. The van der Waals surface area contributed by atoms with Crippen LogP contribution < -0.4 is 5.32 Å². The van der Waals surface area contributed by atoms with E-state index in [4.69, 9.17) is 5.11 Å². The van der Waals surface area contributed by atoms with Crippen LogP contribution in [-0.4, -0.2) is 44.1 Å². The van der Waals surface area contributed by atoms with Gasteiger partial charge in [0.05, 0.1) is 19.9 Å². The van der Waals surface area contributed by atoms with Gasteiger partial charge in [0.25, 0.3) is 0 Å². The lowest BCUT2D eigenvalue weighted by Gasteiger charge is -2.05. The normalized spacial score (nSPS) is 10.1. The second kappa shape index (κ2) is 6.46. The molecule has 2 rings (SSSR count). The topological polar surface area (TPSA) is 119 Å². The summed E-state index contributed by atoms with van der Waals surface area (Å²) in [4.78, 5) is 25.8. The molecule has 0 bridgehead atoms. The SMILES string of the molecule is COC(=O)c1cc(NCc2cn(CC(=O)O)nn2)ccn1. The molecular formula is C12H13N5O4. The number of carboxylic acids is 1. The van der Waals surface area contributed by atoms with Crippen LogP contribution in [0.1, 0.15) is 16.2 Å². The van der Waals surface area contributed by atoms with E-state index in [-0.39, 0.29) is 12.2 Å². The van der Waals surface area contributed by atoms with Crippen LogP contribution in [-0.2, 0) is 22.6 Å². The Bertz CT molecular complexity index is 655. The van der Waals surface area contributed by atoms with E-state index in [1.807, 2.05) is 0 Å². The van der Waals surface area contributed by atoms with Gasteiger partial charge in [-0.15, -0.1) is 5.10 Å². The summed E-state index contributed by atoms with van der Waals surface area (Å²) in [5, 5.41) is 19.2. The summed E-state index contributed by atoms with van der Waals surface area (Å²) in [5.41, 5.74) is 1.43. The summed E-state index contributed by atoms with van der Waals surface area (Å²) in [5.74, 6) is -1.51. The molecule has 0 unspecified atom stereocenters. The van der Waals surface area contributed by atoms with E-state index >= 15 is 0 Å². The third kappa shape index (κ3) is 4.00. The van der Waals surface area contributed by atoms with Gasteiger partial charge in [-0.1, -0.05) is 5.21 Å². The van der Waals surface area contributed by atoms with Crippen LogP contribution in [0.3, 0.4) is 0 Å². The number of methoxy groups -OCH3 is 1. The number of esters is 1. The lowest BCUT2D eigenvalue weighted by atomic mass is 10.3. The number of aromatic nitrogens is 4. The fourth-order valence-electron chi connectivity index (χ4n) is 1.58. The molecule has 0 aliphatic heterocycles. The Balaban J connectivity index is 1.98. The van der Waals surface area contributed by atoms with Gasteiger partial charge in [0, 0.05) is 11.9 Å². The summed E-state index contributed by atoms with van der Waals surface area (Å²) in [7, 11) is 1.28. The lowest BCUT2D eigenvalue weighted by molar-refractivity contribution is -0.137. The van der Waals surface area contributed by atoms with Crippen molar-refractivity contribution in [2.45, 2.75) is 13.1 Å². The van der Waals surface area contributed by atoms with Crippen molar-refractivity contribution in [3.8, 4) is 0 Å². The van der Waals surface area contributed by atoms with E-state index in [0.717, 1.165) is 0 Å². The zero-order valence-electron chi connectivity index (χ0n) is 11.2. The molecular weight excluding hydrogens is 278 g/mol. The molecule has 21 heavy (non-hydrogen) atoms. The predicted octanol–water partition coefficient (Wildman–Crippen LogP) is 0.156. The van der Waals surface area contributed by atoms with Gasteiger partial charge in [-0.05, 0) is 12.1 Å². The predicted molar refractivity (Wildman–Crippen MR) is 70.6 cm³/mol. The van der Waals surface area contributed by atoms with Crippen LogP contribution in [0.15, 0.2) is 24.5 Å². The van der Waals surface area contributed by atoms with Crippen molar-refractivity contribution >= 4 is 17.6 Å². The first-order valence-corrected chi connectivity index (χ1v) is 5.97. The van der Waals surface area contributed by atoms with E-state index in [1.165, 1.54) is 24.2 Å². The molecule has 110 valence electrons. The average molecular weight is 291 g/mol. The summed E-state index contributed by atoms with van der Waals surface area (Å²) in [6, 6.07) is 3.24. The third-order valence-electron chi connectivity index (χ3n) is 2.51. The van der Waals surface area contributed by atoms with Crippen molar-refractivity contribution in [1.29, 1.82) is 0 Å². The van der Waals surface area contributed by atoms with Gasteiger partial charge >= 0.3 is 11.9 Å². The number of hydrogen-bond donors (Lipinski definition) is 2. The number of ether oxygens (including phenoxy) is 1. The van der Waals surface area contributed by atoms with Crippen molar-refractivity contribution in [1.82, 2.24) is 20.0 Å². The highest BCUT2D eigenvalue weighted by Crippen LogP contribution is 2.10. The molecule has 0 saturated heterocycles. The molecule has 0 amide bonds. The largest absolute Gasteiger partial charge is 0.480 e. The monoisotopic (exact) mass is 291 g/mol. The molecule has 0 spiro atoms. The molecule has 9 heteroatoms. The van der Waals surface area contributed by atoms with Gasteiger partial charge in [0.2, 0.25) is 0 Å². The molecule has 0 saturated carbocycles. The Morgan fingerprint density at radius 1 is 1.48 bits per heavy atom. The minimum atomic E-state index is -0.990. The van der Waals surface area contributed by atoms with Gasteiger partial charge < -0.3 is 15.2 Å². The molecule has 0 aliphatic rings. The molecule has 0 fully saturated rings. The first-order valence-electron chi connectivity index (χ1n) is 5.97. The molecule has 0 aromatic carbocycles. The number of carbonyl (C=O) groups is 2.